The number of hydrogen-bond donors (Lipinski definition) is 0. The highest BCUT2D eigenvalue weighted by Gasteiger charge is 2.23. The van der Waals surface area contributed by atoms with Crippen LogP contribution in [0.3, 0.4) is 0 Å². The largest absolute Gasteiger partial charge is 0.492 e. The van der Waals surface area contributed by atoms with Crippen LogP contribution in [0, 0.1) is 5.92 Å². The molecule has 0 aliphatic carbocycles. The first-order valence-electron chi connectivity index (χ1n) is 6.17. The number of ether oxygens (including phenoxy) is 1. The first kappa shape index (κ1) is 11.5. The van der Waals surface area contributed by atoms with E-state index in [-0.39, 0.29) is 0 Å². The zero-order chi connectivity index (χ0) is 11.4. The van der Waals surface area contributed by atoms with E-state index in [9.17, 15) is 0 Å². The van der Waals surface area contributed by atoms with Crippen LogP contribution < -0.4 is 4.74 Å². The number of nitrogens with zero attached hydrogens (tertiary/aromatic N) is 1. The molecule has 0 radical (unpaired) electrons. The van der Waals surface area contributed by atoms with Crippen molar-refractivity contribution in [2.75, 3.05) is 19.7 Å². The Morgan fingerprint density at radius 1 is 1.38 bits per heavy atom. The molecule has 1 aromatic rings. The fraction of sp³-hybridized carbons (Fsp3) is 0.571. The third kappa shape index (κ3) is 2.99. The van der Waals surface area contributed by atoms with E-state index >= 15 is 0 Å². The molecule has 1 aliphatic heterocycles. The molecule has 1 aliphatic rings. The SMILES string of the molecule is CC1CCN([C@@H](C)COc2ccccc2)C1. The summed E-state index contributed by atoms with van der Waals surface area (Å²) in [6.07, 6.45) is 1.33. The number of hydrogen-bond acceptors (Lipinski definition) is 2. The molecule has 0 spiro atoms. The van der Waals surface area contributed by atoms with Crippen LogP contribution in [-0.4, -0.2) is 30.6 Å². The summed E-state index contributed by atoms with van der Waals surface area (Å²) in [7, 11) is 0. The second-order valence-corrected chi connectivity index (χ2v) is 4.86. The van der Waals surface area contributed by atoms with Crippen molar-refractivity contribution in [2.24, 2.45) is 5.92 Å². The van der Waals surface area contributed by atoms with Crippen molar-refractivity contribution in [1.82, 2.24) is 4.90 Å². The summed E-state index contributed by atoms with van der Waals surface area (Å²) in [5.41, 5.74) is 0. The third-order valence-electron chi connectivity index (χ3n) is 3.31. The molecular formula is C14H21NO. The van der Waals surface area contributed by atoms with Crippen LogP contribution in [0.2, 0.25) is 0 Å². The Morgan fingerprint density at radius 2 is 2.12 bits per heavy atom. The van der Waals surface area contributed by atoms with Gasteiger partial charge in [0.05, 0.1) is 0 Å². The Hall–Kier alpha value is -1.02. The van der Waals surface area contributed by atoms with Crippen molar-refractivity contribution >= 4 is 0 Å². The molecule has 1 aromatic carbocycles. The van der Waals surface area contributed by atoms with Gasteiger partial charge in [0.2, 0.25) is 0 Å². The van der Waals surface area contributed by atoms with Crippen LogP contribution in [-0.2, 0) is 0 Å². The van der Waals surface area contributed by atoms with Gasteiger partial charge in [-0.1, -0.05) is 25.1 Å². The van der Waals surface area contributed by atoms with E-state index < -0.39 is 0 Å². The lowest BCUT2D eigenvalue weighted by Crippen LogP contribution is -2.35. The van der Waals surface area contributed by atoms with Crippen LogP contribution in [0.15, 0.2) is 30.3 Å². The first-order chi connectivity index (χ1) is 7.75. The van der Waals surface area contributed by atoms with Crippen LogP contribution in [0.1, 0.15) is 20.3 Å². The molecule has 2 nitrogen and oxygen atoms in total. The summed E-state index contributed by atoms with van der Waals surface area (Å²) >= 11 is 0. The molecule has 0 N–H and O–H groups in total. The van der Waals surface area contributed by atoms with Gasteiger partial charge >= 0.3 is 0 Å². The molecule has 1 heterocycles. The predicted molar refractivity (Wildman–Crippen MR) is 66.8 cm³/mol. The van der Waals surface area contributed by atoms with E-state index in [4.69, 9.17) is 4.74 Å². The average Bonchev–Trinajstić information content (AvgIpc) is 2.74. The highest BCUT2D eigenvalue weighted by molar-refractivity contribution is 5.20. The second-order valence-electron chi connectivity index (χ2n) is 4.86. The standard InChI is InChI=1S/C14H21NO/c1-12-8-9-15(10-12)13(2)11-16-14-6-4-3-5-7-14/h3-7,12-13H,8-11H2,1-2H3/t12?,13-/m0/s1. The van der Waals surface area contributed by atoms with Crippen molar-refractivity contribution in [1.29, 1.82) is 0 Å². The summed E-state index contributed by atoms with van der Waals surface area (Å²) in [6.45, 7) is 7.81. The average molecular weight is 219 g/mol. The van der Waals surface area contributed by atoms with Crippen LogP contribution in [0.5, 0.6) is 5.75 Å². The summed E-state index contributed by atoms with van der Waals surface area (Å²) < 4.78 is 5.77. The van der Waals surface area contributed by atoms with Gasteiger partial charge in [0, 0.05) is 12.6 Å². The molecule has 0 saturated carbocycles. The van der Waals surface area contributed by atoms with E-state index in [0.717, 1.165) is 18.3 Å². The Labute approximate surface area is 98.2 Å². The van der Waals surface area contributed by atoms with Crippen molar-refractivity contribution < 1.29 is 4.74 Å². The molecule has 0 bridgehead atoms. The van der Waals surface area contributed by atoms with Crippen molar-refractivity contribution in [3.63, 3.8) is 0 Å². The van der Waals surface area contributed by atoms with E-state index in [1.807, 2.05) is 30.3 Å². The van der Waals surface area contributed by atoms with Crippen molar-refractivity contribution in [2.45, 2.75) is 26.3 Å². The molecule has 88 valence electrons. The Balaban J connectivity index is 1.78. The van der Waals surface area contributed by atoms with Gasteiger partial charge in [0.1, 0.15) is 12.4 Å². The molecule has 16 heavy (non-hydrogen) atoms. The highest BCUT2D eigenvalue weighted by Crippen LogP contribution is 2.18. The molecule has 1 saturated heterocycles. The highest BCUT2D eigenvalue weighted by atomic mass is 16.5. The molecule has 2 atom stereocenters. The van der Waals surface area contributed by atoms with Crippen LogP contribution >= 0.6 is 0 Å². The van der Waals surface area contributed by atoms with Crippen molar-refractivity contribution in [3.8, 4) is 5.75 Å². The maximum absolute atomic E-state index is 5.77. The van der Waals surface area contributed by atoms with E-state index in [1.165, 1.54) is 19.5 Å². The van der Waals surface area contributed by atoms with Crippen LogP contribution in [0.25, 0.3) is 0 Å². The summed E-state index contributed by atoms with van der Waals surface area (Å²) in [5, 5.41) is 0. The molecule has 1 fully saturated rings. The number of likely N-dealkylation sites (tertiary alicyclic amines) is 1. The Kier molecular flexibility index (Phi) is 3.83. The van der Waals surface area contributed by atoms with Crippen molar-refractivity contribution in [3.05, 3.63) is 30.3 Å². The van der Waals surface area contributed by atoms with E-state index in [1.54, 1.807) is 0 Å². The molecule has 0 aromatic heterocycles. The van der Waals surface area contributed by atoms with Gasteiger partial charge in [-0.25, -0.2) is 0 Å². The lowest BCUT2D eigenvalue weighted by molar-refractivity contribution is 0.169. The summed E-state index contributed by atoms with van der Waals surface area (Å²) in [5.74, 6) is 1.82. The molecule has 1 unspecified atom stereocenters. The normalized spacial score (nSPS) is 23.2. The quantitative estimate of drug-likeness (QED) is 0.772. The first-order valence-corrected chi connectivity index (χ1v) is 6.17. The minimum Gasteiger partial charge on any atom is -0.492 e. The maximum atomic E-state index is 5.77. The maximum Gasteiger partial charge on any atom is 0.119 e. The molecule has 0 amide bonds. The lowest BCUT2D eigenvalue weighted by Gasteiger charge is -2.24. The summed E-state index contributed by atoms with van der Waals surface area (Å²) in [4.78, 5) is 2.52. The zero-order valence-corrected chi connectivity index (χ0v) is 10.2. The minimum atomic E-state index is 0.519. The third-order valence-corrected chi connectivity index (χ3v) is 3.31. The van der Waals surface area contributed by atoms with Gasteiger partial charge < -0.3 is 4.74 Å². The second kappa shape index (κ2) is 5.35. The Morgan fingerprint density at radius 3 is 2.75 bits per heavy atom. The predicted octanol–water partition coefficient (Wildman–Crippen LogP) is 2.80. The fourth-order valence-electron chi connectivity index (χ4n) is 2.21. The molecular weight excluding hydrogens is 198 g/mol. The summed E-state index contributed by atoms with van der Waals surface area (Å²) in [6, 6.07) is 10.6. The number of rotatable bonds is 4. The van der Waals surface area contributed by atoms with Gasteiger partial charge in [-0.2, -0.15) is 0 Å². The van der Waals surface area contributed by atoms with Gasteiger partial charge in [-0.3, -0.25) is 4.90 Å². The van der Waals surface area contributed by atoms with Gasteiger partial charge in [0.15, 0.2) is 0 Å². The monoisotopic (exact) mass is 219 g/mol. The molecule has 2 rings (SSSR count). The fourth-order valence-corrected chi connectivity index (χ4v) is 2.21. The van der Waals surface area contributed by atoms with Gasteiger partial charge in [-0.15, -0.1) is 0 Å². The van der Waals surface area contributed by atoms with E-state index in [2.05, 4.69) is 18.7 Å². The smallest absolute Gasteiger partial charge is 0.119 e. The number of benzene rings is 1. The number of para-hydroxylation sites is 1. The van der Waals surface area contributed by atoms with Gasteiger partial charge in [-0.05, 0) is 37.9 Å². The van der Waals surface area contributed by atoms with Gasteiger partial charge in [0.25, 0.3) is 0 Å². The Bertz CT molecular complexity index is 312. The zero-order valence-electron chi connectivity index (χ0n) is 10.2. The van der Waals surface area contributed by atoms with Crippen LogP contribution in [0.4, 0.5) is 0 Å². The topological polar surface area (TPSA) is 12.5 Å². The van der Waals surface area contributed by atoms with E-state index in [0.29, 0.717) is 6.04 Å². The minimum absolute atomic E-state index is 0.519. The molecule has 2 heteroatoms. The lowest BCUT2D eigenvalue weighted by atomic mass is 10.2.